The molecule has 0 radical (unpaired) electrons. The van der Waals surface area contributed by atoms with Crippen molar-refractivity contribution >= 4 is 11.0 Å². The largest absolute Gasteiger partial charge is 0.465 e. The summed E-state index contributed by atoms with van der Waals surface area (Å²) >= 11 is 0. The number of halogens is 3. The molecule has 0 bridgehead atoms. The molecular formula is C9H6F3NO2. The molecule has 0 aliphatic heterocycles. The minimum atomic E-state index is -4.37. The summed E-state index contributed by atoms with van der Waals surface area (Å²) < 4.78 is 44.9. The Hall–Kier alpha value is -1.72. The van der Waals surface area contributed by atoms with E-state index < -0.39 is 12.8 Å². The third kappa shape index (κ3) is 2.20. The maximum atomic E-state index is 11.9. The van der Waals surface area contributed by atoms with Gasteiger partial charge in [-0.25, -0.2) is 0 Å². The molecule has 1 heterocycles. The molecule has 0 N–H and O–H groups in total. The van der Waals surface area contributed by atoms with Crippen LogP contribution in [0.5, 0.6) is 5.88 Å². The number of nitrogens with zero attached hydrogens (tertiary/aromatic N) is 1. The molecule has 0 spiro atoms. The van der Waals surface area contributed by atoms with E-state index in [9.17, 15) is 13.2 Å². The highest BCUT2D eigenvalue weighted by molar-refractivity contribution is 5.81. The van der Waals surface area contributed by atoms with Gasteiger partial charge in [0.2, 0.25) is 0 Å². The molecule has 0 fully saturated rings. The minimum absolute atomic E-state index is 0.136. The van der Waals surface area contributed by atoms with Gasteiger partial charge < -0.3 is 9.26 Å². The fourth-order valence-corrected chi connectivity index (χ4v) is 1.12. The van der Waals surface area contributed by atoms with Crippen LogP contribution in [0.15, 0.2) is 28.8 Å². The zero-order valence-electron chi connectivity index (χ0n) is 7.41. The summed E-state index contributed by atoms with van der Waals surface area (Å²) in [5, 5.41) is 3.83. The molecule has 2 aromatic rings. The molecule has 80 valence electrons. The van der Waals surface area contributed by atoms with E-state index in [2.05, 4.69) is 9.89 Å². The van der Waals surface area contributed by atoms with Crippen molar-refractivity contribution in [2.75, 3.05) is 6.61 Å². The lowest BCUT2D eigenvalue weighted by Crippen LogP contribution is -2.19. The van der Waals surface area contributed by atoms with Gasteiger partial charge >= 0.3 is 6.18 Å². The molecule has 0 unspecified atom stereocenters. The summed E-state index contributed by atoms with van der Waals surface area (Å²) in [4.78, 5) is 0. The van der Waals surface area contributed by atoms with Gasteiger partial charge in [-0.3, -0.25) is 0 Å². The number of fused-ring (bicyclic) bond motifs is 1. The van der Waals surface area contributed by atoms with Gasteiger partial charge in [-0.2, -0.15) is 13.2 Å². The standard InChI is InChI=1S/C9H6F3NO2/c10-9(11,12)5-14-8-6-3-1-2-4-7(6)15-13-8/h1-4H,5H2. The van der Waals surface area contributed by atoms with Crippen molar-refractivity contribution in [2.24, 2.45) is 0 Å². The number of alkyl halides is 3. The van der Waals surface area contributed by atoms with Crippen LogP contribution in [-0.2, 0) is 0 Å². The molecule has 3 nitrogen and oxygen atoms in total. The lowest BCUT2D eigenvalue weighted by Gasteiger charge is -2.05. The highest BCUT2D eigenvalue weighted by Crippen LogP contribution is 2.25. The Bertz CT molecular complexity index is 464. The second-order valence-corrected chi connectivity index (χ2v) is 2.89. The van der Waals surface area contributed by atoms with Gasteiger partial charge in [-0.1, -0.05) is 12.1 Å². The Kier molecular flexibility index (Phi) is 2.26. The van der Waals surface area contributed by atoms with Crippen molar-refractivity contribution in [1.29, 1.82) is 0 Å². The lowest BCUT2D eigenvalue weighted by molar-refractivity contribution is -0.154. The van der Waals surface area contributed by atoms with E-state index in [1.54, 1.807) is 24.3 Å². The maximum absolute atomic E-state index is 11.9. The molecule has 0 aliphatic carbocycles. The summed E-state index contributed by atoms with van der Waals surface area (Å²) in [6.45, 7) is -1.37. The van der Waals surface area contributed by atoms with Crippen molar-refractivity contribution in [3.63, 3.8) is 0 Å². The van der Waals surface area contributed by atoms with E-state index in [1.807, 2.05) is 0 Å². The van der Waals surface area contributed by atoms with E-state index in [-0.39, 0.29) is 5.88 Å². The van der Waals surface area contributed by atoms with Gasteiger partial charge in [0.05, 0.1) is 5.39 Å². The monoisotopic (exact) mass is 217 g/mol. The van der Waals surface area contributed by atoms with Crippen LogP contribution in [0.4, 0.5) is 13.2 Å². The van der Waals surface area contributed by atoms with Crippen LogP contribution in [0.3, 0.4) is 0 Å². The van der Waals surface area contributed by atoms with Gasteiger partial charge in [0, 0.05) is 0 Å². The Morgan fingerprint density at radius 3 is 2.73 bits per heavy atom. The highest BCUT2D eigenvalue weighted by atomic mass is 19.4. The Morgan fingerprint density at radius 1 is 1.27 bits per heavy atom. The number of para-hydroxylation sites is 1. The SMILES string of the molecule is FC(F)(F)COc1noc2ccccc12. The van der Waals surface area contributed by atoms with E-state index in [4.69, 9.17) is 4.52 Å². The summed E-state index contributed by atoms with van der Waals surface area (Å²) in [7, 11) is 0. The number of aromatic nitrogens is 1. The fraction of sp³-hybridized carbons (Fsp3) is 0.222. The molecule has 0 amide bonds. The van der Waals surface area contributed by atoms with Crippen LogP contribution in [-0.4, -0.2) is 17.9 Å². The second-order valence-electron chi connectivity index (χ2n) is 2.89. The van der Waals surface area contributed by atoms with Gasteiger partial charge in [-0.15, -0.1) is 0 Å². The van der Waals surface area contributed by atoms with Gasteiger partial charge in [-0.05, 0) is 17.3 Å². The average molecular weight is 217 g/mol. The van der Waals surface area contributed by atoms with Gasteiger partial charge in [0.25, 0.3) is 5.88 Å². The third-order valence-electron chi connectivity index (χ3n) is 1.72. The molecular weight excluding hydrogens is 211 g/mol. The van der Waals surface area contributed by atoms with E-state index >= 15 is 0 Å². The smallest absolute Gasteiger partial charge is 0.422 e. The summed E-state index contributed by atoms with van der Waals surface area (Å²) in [5.74, 6) is -0.136. The molecule has 1 aromatic heterocycles. The van der Waals surface area contributed by atoms with Gasteiger partial charge in [0.15, 0.2) is 12.2 Å². The number of hydrogen-bond donors (Lipinski definition) is 0. The quantitative estimate of drug-likeness (QED) is 0.775. The summed E-state index contributed by atoms with van der Waals surface area (Å²) in [6, 6.07) is 6.54. The highest BCUT2D eigenvalue weighted by Gasteiger charge is 2.29. The molecule has 6 heteroatoms. The molecule has 0 aliphatic rings. The van der Waals surface area contributed by atoms with E-state index in [0.29, 0.717) is 11.0 Å². The molecule has 2 rings (SSSR count). The lowest BCUT2D eigenvalue weighted by atomic mass is 10.3. The maximum Gasteiger partial charge on any atom is 0.422 e. The number of ether oxygens (including phenoxy) is 1. The Morgan fingerprint density at radius 2 is 2.00 bits per heavy atom. The van der Waals surface area contributed by atoms with Crippen LogP contribution in [0, 0.1) is 0 Å². The normalized spacial score (nSPS) is 11.9. The molecule has 0 saturated heterocycles. The van der Waals surface area contributed by atoms with Crippen molar-refractivity contribution in [3.8, 4) is 5.88 Å². The predicted molar refractivity (Wildman–Crippen MR) is 45.6 cm³/mol. The van der Waals surface area contributed by atoms with Crippen molar-refractivity contribution in [3.05, 3.63) is 24.3 Å². The van der Waals surface area contributed by atoms with E-state index in [0.717, 1.165) is 0 Å². The zero-order valence-corrected chi connectivity index (χ0v) is 7.41. The zero-order chi connectivity index (χ0) is 10.9. The minimum Gasteiger partial charge on any atom is -0.465 e. The predicted octanol–water partition coefficient (Wildman–Crippen LogP) is 2.77. The summed E-state index contributed by atoms with van der Waals surface area (Å²) in [6.07, 6.45) is -4.37. The summed E-state index contributed by atoms with van der Waals surface area (Å²) in [5.41, 5.74) is 0.398. The van der Waals surface area contributed by atoms with Crippen molar-refractivity contribution in [2.45, 2.75) is 6.18 Å². The first kappa shape index (κ1) is 9.82. The van der Waals surface area contributed by atoms with Crippen LogP contribution >= 0.6 is 0 Å². The van der Waals surface area contributed by atoms with Crippen LogP contribution in [0.25, 0.3) is 11.0 Å². The average Bonchev–Trinajstić information content (AvgIpc) is 2.57. The van der Waals surface area contributed by atoms with Gasteiger partial charge in [0.1, 0.15) is 0 Å². The topological polar surface area (TPSA) is 35.3 Å². The Labute approximate surface area is 82.4 Å². The van der Waals surface area contributed by atoms with E-state index in [1.165, 1.54) is 0 Å². The second kappa shape index (κ2) is 3.45. The Balaban J connectivity index is 2.22. The molecule has 0 atom stereocenters. The molecule has 1 aromatic carbocycles. The number of hydrogen-bond acceptors (Lipinski definition) is 3. The number of rotatable bonds is 2. The van der Waals surface area contributed by atoms with Crippen molar-refractivity contribution < 1.29 is 22.4 Å². The van der Waals surface area contributed by atoms with Crippen LogP contribution in [0.2, 0.25) is 0 Å². The number of benzene rings is 1. The molecule has 15 heavy (non-hydrogen) atoms. The third-order valence-corrected chi connectivity index (χ3v) is 1.72. The van der Waals surface area contributed by atoms with Crippen molar-refractivity contribution in [1.82, 2.24) is 5.16 Å². The first-order chi connectivity index (χ1) is 7.06. The first-order valence-electron chi connectivity index (χ1n) is 4.10. The fourth-order valence-electron chi connectivity index (χ4n) is 1.12. The molecule has 0 saturated carbocycles. The first-order valence-corrected chi connectivity index (χ1v) is 4.10. The van der Waals surface area contributed by atoms with Crippen LogP contribution < -0.4 is 4.74 Å². The van der Waals surface area contributed by atoms with Crippen LogP contribution in [0.1, 0.15) is 0 Å².